The van der Waals surface area contributed by atoms with Crippen LogP contribution in [0.2, 0.25) is 5.02 Å². The molecule has 24 heavy (non-hydrogen) atoms. The number of amides is 1. The van der Waals surface area contributed by atoms with Gasteiger partial charge in [-0.1, -0.05) is 29.8 Å². The van der Waals surface area contributed by atoms with E-state index in [2.05, 4.69) is 37.1 Å². The number of hydrogen-bond acceptors (Lipinski definition) is 2. The fourth-order valence-corrected chi connectivity index (χ4v) is 3.70. The molecular weight excluding hydrogens is 322 g/mol. The number of benzene rings is 1. The van der Waals surface area contributed by atoms with Crippen molar-refractivity contribution in [2.75, 3.05) is 6.54 Å². The molecule has 1 aromatic carbocycles. The van der Waals surface area contributed by atoms with Gasteiger partial charge in [0, 0.05) is 12.7 Å². The molecule has 1 atom stereocenters. The average molecular weight is 340 g/mol. The Morgan fingerprint density at radius 3 is 2.96 bits per heavy atom. The van der Waals surface area contributed by atoms with Crippen LogP contribution in [0.15, 0.2) is 42.6 Å². The van der Waals surface area contributed by atoms with Crippen molar-refractivity contribution in [2.45, 2.75) is 26.3 Å². The lowest BCUT2D eigenvalue weighted by Gasteiger charge is -2.35. The van der Waals surface area contributed by atoms with E-state index in [-0.39, 0.29) is 11.9 Å². The minimum atomic E-state index is -0.0329. The van der Waals surface area contributed by atoms with Gasteiger partial charge in [0.05, 0.1) is 16.6 Å². The number of aryl methyl sites for hydroxylation is 1. The molecule has 1 aliphatic heterocycles. The Hall–Kier alpha value is -2.33. The number of aromatic nitrogens is 2. The van der Waals surface area contributed by atoms with Crippen LogP contribution in [0.1, 0.15) is 40.1 Å². The predicted octanol–water partition coefficient (Wildman–Crippen LogP) is 4.06. The third-order valence-corrected chi connectivity index (χ3v) is 5.09. The first-order chi connectivity index (χ1) is 11.5. The molecule has 122 valence electrons. The van der Waals surface area contributed by atoms with E-state index in [4.69, 9.17) is 11.6 Å². The van der Waals surface area contributed by atoms with Crippen molar-refractivity contribution in [3.8, 4) is 0 Å². The Morgan fingerprint density at radius 2 is 2.12 bits per heavy atom. The summed E-state index contributed by atoms with van der Waals surface area (Å²) in [6, 6.07) is 11.8. The third kappa shape index (κ3) is 2.38. The van der Waals surface area contributed by atoms with E-state index in [0.29, 0.717) is 17.3 Å². The van der Waals surface area contributed by atoms with E-state index >= 15 is 0 Å². The smallest absolute Gasteiger partial charge is 0.274 e. The molecule has 0 N–H and O–H groups in total. The van der Waals surface area contributed by atoms with Gasteiger partial charge in [0.1, 0.15) is 0 Å². The lowest BCUT2D eigenvalue weighted by molar-refractivity contribution is 0.0671. The lowest BCUT2D eigenvalue weighted by Crippen LogP contribution is -2.39. The molecule has 0 saturated carbocycles. The van der Waals surface area contributed by atoms with Gasteiger partial charge in [0.25, 0.3) is 5.91 Å². The molecule has 5 heteroatoms. The molecular formula is C19H18ClN3O. The van der Waals surface area contributed by atoms with Crippen LogP contribution in [0.4, 0.5) is 0 Å². The van der Waals surface area contributed by atoms with Gasteiger partial charge in [-0.3, -0.25) is 4.79 Å². The zero-order chi connectivity index (χ0) is 16.8. The van der Waals surface area contributed by atoms with Crippen molar-refractivity contribution in [1.82, 2.24) is 14.5 Å². The Bertz CT molecular complexity index is 947. The van der Waals surface area contributed by atoms with E-state index in [1.54, 1.807) is 16.8 Å². The van der Waals surface area contributed by atoms with Gasteiger partial charge >= 0.3 is 0 Å². The first-order valence-corrected chi connectivity index (χ1v) is 8.46. The van der Waals surface area contributed by atoms with Crippen molar-refractivity contribution in [1.29, 1.82) is 0 Å². The topological polar surface area (TPSA) is 37.6 Å². The summed E-state index contributed by atoms with van der Waals surface area (Å²) in [7, 11) is 0. The maximum absolute atomic E-state index is 13.0. The highest BCUT2D eigenvalue weighted by Crippen LogP contribution is 2.32. The molecule has 0 bridgehead atoms. The highest BCUT2D eigenvalue weighted by atomic mass is 35.5. The van der Waals surface area contributed by atoms with Crippen LogP contribution in [-0.2, 0) is 6.42 Å². The van der Waals surface area contributed by atoms with Gasteiger partial charge in [0.15, 0.2) is 5.69 Å². The molecule has 3 aromatic rings. The summed E-state index contributed by atoms with van der Waals surface area (Å²) in [5.74, 6) is -0.0329. The molecule has 0 fully saturated rings. The zero-order valence-electron chi connectivity index (χ0n) is 13.7. The Balaban J connectivity index is 1.69. The summed E-state index contributed by atoms with van der Waals surface area (Å²) in [5, 5.41) is 5.00. The molecule has 1 unspecified atom stereocenters. The highest BCUT2D eigenvalue weighted by molar-refractivity contribution is 6.30. The van der Waals surface area contributed by atoms with Gasteiger partial charge in [0.2, 0.25) is 0 Å². The SMILES string of the molecule is Cc1cccc2c1CCN(C(=O)c1cc3ccc(Cl)cn3n1)C2C. The first-order valence-electron chi connectivity index (χ1n) is 8.09. The number of fused-ring (bicyclic) bond motifs is 2. The van der Waals surface area contributed by atoms with E-state index < -0.39 is 0 Å². The van der Waals surface area contributed by atoms with Gasteiger partial charge in [-0.25, -0.2) is 4.52 Å². The fourth-order valence-electron chi connectivity index (χ4n) is 3.54. The number of rotatable bonds is 1. The zero-order valence-corrected chi connectivity index (χ0v) is 14.4. The largest absolute Gasteiger partial charge is 0.330 e. The van der Waals surface area contributed by atoms with Crippen LogP contribution in [0.5, 0.6) is 0 Å². The van der Waals surface area contributed by atoms with Gasteiger partial charge in [-0.15, -0.1) is 0 Å². The molecule has 3 heterocycles. The first kappa shape index (κ1) is 15.2. The minimum Gasteiger partial charge on any atom is -0.330 e. The fraction of sp³-hybridized carbons (Fsp3) is 0.263. The quantitative estimate of drug-likeness (QED) is 0.670. The summed E-state index contributed by atoms with van der Waals surface area (Å²) in [6.07, 6.45) is 2.60. The van der Waals surface area contributed by atoms with Gasteiger partial charge < -0.3 is 4.90 Å². The molecule has 1 aliphatic rings. The van der Waals surface area contributed by atoms with Crippen molar-refractivity contribution < 1.29 is 4.79 Å². The van der Waals surface area contributed by atoms with Crippen LogP contribution in [0, 0.1) is 6.92 Å². The summed E-state index contributed by atoms with van der Waals surface area (Å²) in [5.41, 5.74) is 5.23. The molecule has 0 aliphatic carbocycles. The van der Waals surface area contributed by atoms with Crippen molar-refractivity contribution in [2.24, 2.45) is 0 Å². The highest BCUT2D eigenvalue weighted by Gasteiger charge is 2.30. The predicted molar refractivity (Wildman–Crippen MR) is 94.5 cm³/mol. The minimum absolute atomic E-state index is 0.0329. The maximum atomic E-state index is 13.0. The molecule has 0 radical (unpaired) electrons. The Morgan fingerprint density at radius 1 is 1.29 bits per heavy atom. The van der Waals surface area contributed by atoms with Crippen LogP contribution in [-0.4, -0.2) is 27.0 Å². The Kier molecular flexibility index (Phi) is 3.57. The number of hydrogen-bond donors (Lipinski definition) is 0. The summed E-state index contributed by atoms with van der Waals surface area (Å²) < 4.78 is 1.66. The van der Waals surface area contributed by atoms with Gasteiger partial charge in [-0.2, -0.15) is 5.10 Å². The van der Waals surface area contributed by atoms with Crippen molar-refractivity contribution in [3.05, 3.63) is 70.0 Å². The number of pyridine rings is 1. The van der Waals surface area contributed by atoms with E-state index in [0.717, 1.165) is 11.9 Å². The second-order valence-corrected chi connectivity index (χ2v) is 6.75. The second-order valence-electron chi connectivity index (χ2n) is 6.31. The monoisotopic (exact) mass is 339 g/mol. The van der Waals surface area contributed by atoms with Crippen LogP contribution >= 0.6 is 11.6 Å². The molecule has 4 nitrogen and oxygen atoms in total. The van der Waals surface area contributed by atoms with Crippen molar-refractivity contribution in [3.63, 3.8) is 0 Å². The second kappa shape index (κ2) is 5.64. The number of halogens is 1. The summed E-state index contributed by atoms with van der Waals surface area (Å²) in [6.45, 7) is 4.93. The van der Waals surface area contributed by atoms with Crippen molar-refractivity contribution >= 4 is 23.0 Å². The number of nitrogens with zero attached hydrogens (tertiary/aromatic N) is 3. The van der Waals surface area contributed by atoms with Crippen LogP contribution < -0.4 is 0 Å². The van der Waals surface area contributed by atoms with E-state index in [1.807, 2.05) is 17.0 Å². The van der Waals surface area contributed by atoms with E-state index in [9.17, 15) is 4.79 Å². The summed E-state index contributed by atoms with van der Waals surface area (Å²) in [4.78, 5) is 14.9. The Labute approximate surface area is 145 Å². The standard InChI is InChI=1S/C19H18ClN3O/c1-12-4-3-5-17-13(2)22(9-8-16(12)17)19(24)18-10-15-7-6-14(20)11-23(15)21-18/h3-7,10-11,13H,8-9H2,1-2H3. The molecule has 0 saturated heterocycles. The molecule has 1 amide bonds. The molecule has 2 aromatic heterocycles. The third-order valence-electron chi connectivity index (χ3n) is 4.87. The van der Waals surface area contributed by atoms with Crippen LogP contribution in [0.3, 0.4) is 0 Å². The number of carbonyl (C=O) groups excluding carboxylic acids is 1. The van der Waals surface area contributed by atoms with Crippen LogP contribution in [0.25, 0.3) is 5.52 Å². The number of carbonyl (C=O) groups is 1. The molecule has 4 rings (SSSR count). The van der Waals surface area contributed by atoms with Gasteiger partial charge in [-0.05, 0) is 55.2 Å². The summed E-state index contributed by atoms with van der Waals surface area (Å²) >= 11 is 5.99. The van der Waals surface area contributed by atoms with E-state index in [1.165, 1.54) is 16.7 Å². The lowest BCUT2D eigenvalue weighted by atomic mass is 9.90. The maximum Gasteiger partial charge on any atom is 0.274 e. The average Bonchev–Trinajstić information content (AvgIpc) is 2.98. The normalized spacial score (nSPS) is 17.1. The molecule has 0 spiro atoms.